The highest BCUT2D eigenvalue weighted by Gasteiger charge is 2.43. The number of thiophene rings is 1. The van der Waals surface area contributed by atoms with E-state index in [4.69, 9.17) is 4.74 Å². The number of carbonyl (C=O) groups excluding carboxylic acids is 2. The predicted molar refractivity (Wildman–Crippen MR) is 88.9 cm³/mol. The molecule has 1 N–H and O–H groups in total. The smallest absolute Gasteiger partial charge is 0.340 e. The van der Waals surface area contributed by atoms with Crippen molar-refractivity contribution in [1.29, 1.82) is 0 Å². The zero-order valence-electron chi connectivity index (χ0n) is 13.3. The normalized spacial score (nSPS) is 20.7. The van der Waals surface area contributed by atoms with Crippen molar-refractivity contribution in [2.45, 2.75) is 26.3 Å². The van der Waals surface area contributed by atoms with Crippen LogP contribution in [0.5, 0.6) is 0 Å². The molecule has 3 heterocycles. The van der Waals surface area contributed by atoms with Gasteiger partial charge in [-0.05, 0) is 30.4 Å². The van der Waals surface area contributed by atoms with Gasteiger partial charge in [-0.15, -0.1) is 11.3 Å². The Bertz CT molecular complexity index is 840. The lowest BCUT2D eigenvalue weighted by Gasteiger charge is -2.21. The van der Waals surface area contributed by atoms with Crippen LogP contribution in [0.25, 0.3) is 10.2 Å². The van der Waals surface area contributed by atoms with Crippen LogP contribution >= 0.6 is 11.3 Å². The van der Waals surface area contributed by atoms with E-state index in [0.717, 1.165) is 10.2 Å². The van der Waals surface area contributed by atoms with Crippen molar-refractivity contribution < 1.29 is 14.3 Å². The first-order chi connectivity index (χ1) is 10.9. The lowest BCUT2D eigenvalue weighted by atomic mass is 9.89. The predicted octanol–water partition coefficient (Wildman–Crippen LogP) is 2.37. The SMILES string of the molecule is COC(=O)c1cc2ccsc2nc1C1=NC(C)(C(C)C)C(=O)N1. The fraction of sp³-hybridized carbons (Fsp3) is 0.375. The Morgan fingerprint density at radius 3 is 2.78 bits per heavy atom. The molecule has 1 aliphatic heterocycles. The van der Waals surface area contributed by atoms with Gasteiger partial charge in [-0.25, -0.2) is 14.8 Å². The van der Waals surface area contributed by atoms with Crippen LogP contribution in [-0.2, 0) is 9.53 Å². The first-order valence-electron chi connectivity index (χ1n) is 7.25. The molecule has 120 valence electrons. The maximum absolute atomic E-state index is 12.3. The number of amidine groups is 1. The number of aliphatic imine (C=N–C) groups is 1. The molecule has 1 unspecified atom stereocenters. The Hall–Kier alpha value is -2.28. The summed E-state index contributed by atoms with van der Waals surface area (Å²) in [5, 5.41) is 5.52. The van der Waals surface area contributed by atoms with E-state index in [1.165, 1.54) is 18.4 Å². The fourth-order valence-corrected chi connectivity index (χ4v) is 3.14. The molecule has 0 aliphatic carbocycles. The summed E-state index contributed by atoms with van der Waals surface area (Å²) >= 11 is 1.46. The number of ether oxygens (including phenoxy) is 1. The van der Waals surface area contributed by atoms with E-state index < -0.39 is 11.5 Å². The summed E-state index contributed by atoms with van der Waals surface area (Å²) in [5.41, 5.74) is -0.218. The number of nitrogens with one attached hydrogen (secondary N) is 1. The van der Waals surface area contributed by atoms with Crippen molar-refractivity contribution in [3.8, 4) is 0 Å². The fourth-order valence-electron chi connectivity index (χ4n) is 2.39. The monoisotopic (exact) mass is 331 g/mol. The Balaban J connectivity index is 2.19. The molecule has 0 radical (unpaired) electrons. The number of amides is 1. The molecule has 0 bridgehead atoms. The summed E-state index contributed by atoms with van der Waals surface area (Å²) in [6, 6.07) is 3.61. The number of esters is 1. The van der Waals surface area contributed by atoms with Crippen LogP contribution in [0.3, 0.4) is 0 Å². The summed E-state index contributed by atoms with van der Waals surface area (Å²) in [6.07, 6.45) is 0. The molecule has 23 heavy (non-hydrogen) atoms. The van der Waals surface area contributed by atoms with E-state index in [1.807, 2.05) is 25.3 Å². The first-order valence-corrected chi connectivity index (χ1v) is 8.13. The van der Waals surface area contributed by atoms with E-state index in [-0.39, 0.29) is 11.8 Å². The number of fused-ring (bicyclic) bond motifs is 1. The second kappa shape index (κ2) is 5.42. The third kappa shape index (κ3) is 2.41. The molecule has 0 saturated heterocycles. The molecular formula is C16H17N3O3S. The van der Waals surface area contributed by atoms with Crippen molar-refractivity contribution >= 4 is 39.3 Å². The Morgan fingerprint density at radius 2 is 2.17 bits per heavy atom. The Kier molecular flexibility index (Phi) is 3.68. The summed E-state index contributed by atoms with van der Waals surface area (Å²) in [7, 11) is 1.32. The van der Waals surface area contributed by atoms with Crippen molar-refractivity contribution in [3.05, 3.63) is 28.8 Å². The van der Waals surface area contributed by atoms with Gasteiger partial charge in [-0.3, -0.25) is 4.79 Å². The summed E-state index contributed by atoms with van der Waals surface area (Å²) in [5.74, 6) is -0.351. The van der Waals surface area contributed by atoms with Gasteiger partial charge >= 0.3 is 5.97 Å². The molecular weight excluding hydrogens is 314 g/mol. The van der Waals surface area contributed by atoms with Gasteiger partial charge in [0.15, 0.2) is 5.84 Å². The molecule has 3 rings (SSSR count). The van der Waals surface area contributed by atoms with E-state index in [9.17, 15) is 9.59 Å². The maximum Gasteiger partial charge on any atom is 0.340 e. The molecule has 0 aromatic carbocycles. The van der Waals surface area contributed by atoms with Gasteiger partial charge in [0.05, 0.1) is 12.7 Å². The minimum atomic E-state index is -0.866. The minimum absolute atomic E-state index is 0.0204. The standard InChI is InChI=1S/C16H17N3O3S/c1-8(2)16(3)15(21)18-12(19-16)11-10(14(20)22-4)7-9-5-6-23-13(9)17-11/h5-8H,1-4H3,(H,18,19,21). The molecule has 1 amide bonds. The van der Waals surface area contributed by atoms with Crippen LogP contribution in [-0.4, -0.2) is 35.3 Å². The van der Waals surface area contributed by atoms with Crippen molar-refractivity contribution in [3.63, 3.8) is 0 Å². The van der Waals surface area contributed by atoms with Crippen molar-refractivity contribution in [2.24, 2.45) is 10.9 Å². The van der Waals surface area contributed by atoms with Gasteiger partial charge in [0, 0.05) is 5.39 Å². The van der Waals surface area contributed by atoms with E-state index in [0.29, 0.717) is 17.1 Å². The maximum atomic E-state index is 12.3. The number of hydrogen-bond donors (Lipinski definition) is 1. The molecule has 1 aliphatic rings. The number of aromatic nitrogens is 1. The number of rotatable bonds is 3. The van der Waals surface area contributed by atoms with E-state index in [1.54, 1.807) is 13.0 Å². The number of carbonyl (C=O) groups is 2. The highest BCUT2D eigenvalue weighted by molar-refractivity contribution is 7.16. The molecule has 0 spiro atoms. The van der Waals surface area contributed by atoms with Gasteiger partial charge in [0.25, 0.3) is 5.91 Å². The lowest BCUT2D eigenvalue weighted by Crippen LogP contribution is -2.41. The molecule has 2 aromatic heterocycles. The molecule has 0 saturated carbocycles. The van der Waals surface area contributed by atoms with E-state index >= 15 is 0 Å². The Morgan fingerprint density at radius 1 is 1.43 bits per heavy atom. The van der Waals surface area contributed by atoms with E-state index in [2.05, 4.69) is 15.3 Å². The molecule has 6 nitrogen and oxygen atoms in total. The van der Waals surface area contributed by atoms with Gasteiger partial charge < -0.3 is 10.1 Å². The number of nitrogens with zero attached hydrogens (tertiary/aromatic N) is 2. The average molecular weight is 331 g/mol. The molecule has 7 heteroatoms. The van der Waals surface area contributed by atoms with Gasteiger partial charge in [-0.1, -0.05) is 13.8 Å². The number of methoxy groups -OCH3 is 1. The zero-order chi connectivity index (χ0) is 16.8. The van der Waals surface area contributed by atoms with Crippen LogP contribution in [0.1, 0.15) is 36.8 Å². The minimum Gasteiger partial charge on any atom is -0.465 e. The van der Waals surface area contributed by atoms with Gasteiger partial charge in [0.2, 0.25) is 0 Å². The third-order valence-corrected chi connectivity index (χ3v) is 5.05. The quantitative estimate of drug-likeness (QED) is 0.876. The lowest BCUT2D eigenvalue weighted by molar-refractivity contribution is -0.124. The third-order valence-electron chi connectivity index (χ3n) is 4.23. The van der Waals surface area contributed by atoms with Crippen LogP contribution < -0.4 is 5.32 Å². The summed E-state index contributed by atoms with van der Waals surface area (Å²) in [6.45, 7) is 5.65. The topological polar surface area (TPSA) is 80.7 Å². The largest absolute Gasteiger partial charge is 0.465 e. The Labute approximate surface area is 137 Å². The number of pyridine rings is 1. The van der Waals surface area contributed by atoms with Crippen LogP contribution in [0.4, 0.5) is 0 Å². The van der Waals surface area contributed by atoms with Crippen molar-refractivity contribution in [2.75, 3.05) is 7.11 Å². The van der Waals surface area contributed by atoms with Crippen molar-refractivity contribution in [1.82, 2.24) is 10.3 Å². The van der Waals surface area contributed by atoms with Crippen LogP contribution in [0.15, 0.2) is 22.5 Å². The van der Waals surface area contributed by atoms with Gasteiger partial charge in [-0.2, -0.15) is 0 Å². The number of hydrogen-bond acceptors (Lipinski definition) is 6. The van der Waals surface area contributed by atoms with Crippen LogP contribution in [0, 0.1) is 5.92 Å². The highest BCUT2D eigenvalue weighted by Crippen LogP contribution is 2.29. The summed E-state index contributed by atoms with van der Waals surface area (Å²) in [4.78, 5) is 34.3. The molecule has 1 atom stereocenters. The second-order valence-electron chi connectivity index (χ2n) is 5.91. The first kappa shape index (κ1) is 15.6. The van der Waals surface area contributed by atoms with Crippen LogP contribution in [0.2, 0.25) is 0 Å². The highest BCUT2D eigenvalue weighted by atomic mass is 32.1. The second-order valence-corrected chi connectivity index (χ2v) is 6.80. The van der Waals surface area contributed by atoms with Gasteiger partial charge in [0.1, 0.15) is 16.1 Å². The zero-order valence-corrected chi connectivity index (χ0v) is 14.2. The molecule has 2 aromatic rings. The summed E-state index contributed by atoms with van der Waals surface area (Å²) < 4.78 is 4.85. The average Bonchev–Trinajstić information content (AvgIpc) is 3.10. The molecule has 0 fully saturated rings.